The van der Waals surface area contributed by atoms with E-state index in [-0.39, 0.29) is 23.7 Å². The van der Waals surface area contributed by atoms with Gasteiger partial charge in [0, 0.05) is 39.8 Å². The fraction of sp³-hybridized carbons (Fsp3) is 0.652. The number of nitrogens with zero attached hydrogens (tertiary/aromatic N) is 3. The molecule has 2 unspecified atom stereocenters. The van der Waals surface area contributed by atoms with Gasteiger partial charge in [0.15, 0.2) is 5.96 Å². The molecule has 178 valence electrons. The van der Waals surface area contributed by atoms with Crippen molar-refractivity contribution in [3.05, 3.63) is 35.6 Å². The average Bonchev–Trinajstić information content (AvgIpc) is 2.82. The van der Waals surface area contributed by atoms with Gasteiger partial charge in [0.1, 0.15) is 5.82 Å². The van der Waals surface area contributed by atoms with E-state index in [2.05, 4.69) is 25.4 Å². The molecular weight excluding hydrogens is 411 g/mol. The number of amides is 1. The van der Waals surface area contributed by atoms with E-state index in [0.717, 1.165) is 70.1 Å². The molecule has 2 heterocycles. The van der Waals surface area contributed by atoms with Crippen LogP contribution < -0.4 is 16.4 Å². The second-order valence-electron chi connectivity index (χ2n) is 8.49. The number of benzene rings is 1. The minimum Gasteiger partial charge on any atom is -0.379 e. The maximum absolute atomic E-state index is 13.4. The van der Waals surface area contributed by atoms with E-state index in [4.69, 9.17) is 10.5 Å². The Labute approximate surface area is 190 Å². The predicted molar refractivity (Wildman–Crippen MR) is 124 cm³/mol. The highest BCUT2D eigenvalue weighted by molar-refractivity contribution is 5.79. The molecule has 3 rings (SSSR count). The Morgan fingerprint density at radius 1 is 1.25 bits per heavy atom. The molecule has 2 aliphatic rings. The third-order valence-electron chi connectivity index (χ3n) is 6.28. The fourth-order valence-corrected chi connectivity index (χ4v) is 4.45. The standard InChI is InChI=1S/C23H37FN6O2/c1-26-23(27-9-3-11-29-10-2-4-19(17-29)22(25)31)28-16-21(30-12-14-32-15-13-30)18-5-7-20(24)8-6-18/h5-8,19,21H,2-4,9-17H2,1H3,(H2,25,31)(H2,26,27,28). The number of morpholine rings is 1. The molecule has 4 N–H and O–H groups in total. The van der Waals surface area contributed by atoms with Crippen LogP contribution in [0.3, 0.4) is 0 Å². The molecule has 0 radical (unpaired) electrons. The molecule has 0 bridgehead atoms. The first-order valence-electron chi connectivity index (χ1n) is 11.6. The summed E-state index contributed by atoms with van der Waals surface area (Å²) < 4.78 is 18.9. The molecule has 9 heteroatoms. The molecule has 0 aromatic heterocycles. The Bertz CT molecular complexity index is 739. The van der Waals surface area contributed by atoms with Crippen molar-refractivity contribution in [3.8, 4) is 0 Å². The van der Waals surface area contributed by atoms with E-state index >= 15 is 0 Å². The summed E-state index contributed by atoms with van der Waals surface area (Å²) >= 11 is 0. The van der Waals surface area contributed by atoms with E-state index in [1.807, 2.05) is 12.1 Å². The van der Waals surface area contributed by atoms with Gasteiger partial charge in [-0.05, 0) is 50.0 Å². The Balaban J connectivity index is 1.45. The van der Waals surface area contributed by atoms with Crippen molar-refractivity contribution in [3.63, 3.8) is 0 Å². The fourth-order valence-electron chi connectivity index (χ4n) is 4.45. The maximum atomic E-state index is 13.4. The van der Waals surface area contributed by atoms with Crippen LogP contribution >= 0.6 is 0 Å². The smallest absolute Gasteiger partial charge is 0.221 e. The molecule has 0 aliphatic carbocycles. The molecule has 2 atom stereocenters. The summed E-state index contributed by atoms with van der Waals surface area (Å²) in [6.45, 7) is 7.27. The topological polar surface area (TPSA) is 95.2 Å². The van der Waals surface area contributed by atoms with E-state index in [1.165, 1.54) is 12.1 Å². The van der Waals surface area contributed by atoms with Crippen LogP contribution in [0.1, 0.15) is 30.9 Å². The number of carbonyl (C=O) groups is 1. The second kappa shape index (κ2) is 12.7. The zero-order chi connectivity index (χ0) is 22.8. The van der Waals surface area contributed by atoms with Gasteiger partial charge in [0.2, 0.25) is 5.91 Å². The van der Waals surface area contributed by atoms with Gasteiger partial charge in [-0.3, -0.25) is 14.7 Å². The number of piperidine rings is 1. The number of halogens is 1. The van der Waals surface area contributed by atoms with Crippen LogP contribution in [0.4, 0.5) is 4.39 Å². The van der Waals surface area contributed by atoms with Crippen molar-refractivity contribution in [2.24, 2.45) is 16.6 Å². The number of carbonyl (C=O) groups excluding carboxylic acids is 1. The summed E-state index contributed by atoms with van der Waals surface area (Å²) in [6, 6.07) is 6.84. The summed E-state index contributed by atoms with van der Waals surface area (Å²) in [7, 11) is 1.76. The number of aliphatic imine (C=N–C) groups is 1. The lowest BCUT2D eigenvalue weighted by atomic mass is 9.97. The number of guanidine groups is 1. The molecule has 0 spiro atoms. The third kappa shape index (κ3) is 7.43. The van der Waals surface area contributed by atoms with Gasteiger partial charge in [0.25, 0.3) is 0 Å². The van der Waals surface area contributed by atoms with Crippen LogP contribution in [0.25, 0.3) is 0 Å². The van der Waals surface area contributed by atoms with Crippen molar-refractivity contribution in [1.82, 2.24) is 20.4 Å². The van der Waals surface area contributed by atoms with Crippen LogP contribution in [-0.4, -0.2) is 87.7 Å². The molecule has 1 amide bonds. The van der Waals surface area contributed by atoms with Gasteiger partial charge < -0.3 is 26.0 Å². The van der Waals surface area contributed by atoms with Crippen LogP contribution in [-0.2, 0) is 9.53 Å². The van der Waals surface area contributed by atoms with Crippen molar-refractivity contribution < 1.29 is 13.9 Å². The molecule has 2 fully saturated rings. The van der Waals surface area contributed by atoms with Crippen LogP contribution in [0.2, 0.25) is 0 Å². The first-order chi connectivity index (χ1) is 15.6. The lowest BCUT2D eigenvalue weighted by molar-refractivity contribution is -0.123. The first kappa shape index (κ1) is 24.4. The lowest BCUT2D eigenvalue weighted by Gasteiger charge is -2.35. The van der Waals surface area contributed by atoms with Gasteiger partial charge in [-0.1, -0.05) is 12.1 Å². The highest BCUT2D eigenvalue weighted by atomic mass is 19.1. The Hall–Kier alpha value is -2.23. The highest BCUT2D eigenvalue weighted by Gasteiger charge is 2.24. The van der Waals surface area contributed by atoms with Gasteiger partial charge in [0.05, 0.1) is 25.2 Å². The molecule has 2 saturated heterocycles. The van der Waals surface area contributed by atoms with Crippen LogP contribution in [0.15, 0.2) is 29.3 Å². The normalized spacial score (nSPS) is 21.8. The monoisotopic (exact) mass is 448 g/mol. The van der Waals surface area contributed by atoms with E-state index < -0.39 is 0 Å². The Morgan fingerprint density at radius 3 is 2.69 bits per heavy atom. The lowest BCUT2D eigenvalue weighted by Crippen LogP contribution is -2.46. The number of ether oxygens (including phenoxy) is 1. The predicted octanol–water partition coefficient (Wildman–Crippen LogP) is 0.951. The van der Waals surface area contributed by atoms with Crippen molar-refractivity contribution in [2.75, 3.05) is 66.1 Å². The number of primary amides is 1. The molecule has 1 aromatic rings. The number of hydrogen-bond donors (Lipinski definition) is 3. The maximum Gasteiger partial charge on any atom is 0.221 e. The second-order valence-corrected chi connectivity index (χ2v) is 8.49. The van der Waals surface area contributed by atoms with Gasteiger partial charge >= 0.3 is 0 Å². The quantitative estimate of drug-likeness (QED) is 0.296. The number of rotatable bonds is 9. The minimum atomic E-state index is -0.226. The molecule has 32 heavy (non-hydrogen) atoms. The van der Waals surface area contributed by atoms with E-state index in [9.17, 15) is 9.18 Å². The molecule has 8 nitrogen and oxygen atoms in total. The van der Waals surface area contributed by atoms with Crippen molar-refractivity contribution in [2.45, 2.75) is 25.3 Å². The molecular formula is C23H37FN6O2. The van der Waals surface area contributed by atoms with Crippen LogP contribution in [0.5, 0.6) is 0 Å². The molecule has 1 aromatic carbocycles. The van der Waals surface area contributed by atoms with E-state index in [0.29, 0.717) is 19.8 Å². The summed E-state index contributed by atoms with van der Waals surface area (Å²) in [6.07, 6.45) is 2.88. The van der Waals surface area contributed by atoms with Gasteiger partial charge in [-0.2, -0.15) is 0 Å². The summed E-state index contributed by atoms with van der Waals surface area (Å²) in [5.74, 6) is 0.318. The minimum absolute atomic E-state index is 0.0188. The third-order valence-corrected chi connectivity index (χ3v) is 6.28. The summed E-state index contributed by atoms with van der Waals surface area (Å²) in [5, 5.41) is 6.81. The number of hydrogen-bond acceptors (Lipinski definition) is 5. The van der Waals surface area contributed by atoms with Gasteiger partial charge in [-0.15, -0.1) is 0 Å². The first-order valence-corrected chi connectivity index (χ1v) is 11.6. The van der Waals surface area contributed by atoms with Gasteiger partial charge in [-0.25, -0.2) is 4.39 Å². The van der Waals surface area contributed by atoms with Crippen molar-refractivity contribution >= 4 is 11.9 Å². The summed E-state index contributed by atoms with van der Waals surface area (Å²) in [5.41, 5.74) is 6.55. The number of nitrogens with one attached hydrogen (secondary N) is 2. The van der Waals surface area contributed by atoms with Crippen molar-refractivity contribution in [1.29, 1.82) is 0 Å². The molecule has 2 aliphatic heterocycles. The van der Waals surface area contributed by atoms with Crippen LogP contribution in [0, 0.1) is 11.7 Å². The Morgan fingerprint density at radius 2 is 2.00 bits per heavy atom. The molecule has 0 saturated carbocycles. The zero-order valence-corrected chi connectivity index (χ0v) is 19.1. The average molecular weight is 449 g/mol. The van der Waals surface area contributed by atoms with E-state index in [1.54, 1.807) is 7.05 Å². The summed E-state index contributed by atoms with van der Waals surface area (Å²) in [4.78, 5) is 20.5. The number of likely N-dealkylation sites (tertiary alicyclic amines) is 1. The number of nitrogens with two attached hydrogens (primary N) is 1. The zero-order valence-electron chi connectivity index (χ0n) is 19.1. The largest absolute Gasteiger partial charge is 0.379 e. The highest BCUT2D eigenvalue weighted by Crippen LogP contribution is 2.21. The SMILES string of the molecule is CN=C(NCCCN1CCCC(C(N)=O)C1)NCC(c1ccc(F)cc1)N1CCOCC1. The Kier molecular flexibility index (Phi) is 9.70.